The molecule has 0 fully saturated rings. The normalized spacial score (nSPS) is 10.4. The highest BCUT2D eigenvalue weighted by Crippen LogP contribution is 2.18. The molecule has 1 aromatic heterocycles. The number of benzene rings is 1. The molecule has 0 bridgehead atoms. The molecule has 0 aliphatic carbocycles. The number of nitrogens with one attached hydrogen (secondary N) is 1. The summed E-state index contributed by atoms with van der Waals surface area (Å²) < 4.78 is 6.33. The van der Waals surface area contributed by atoms with E-state index in [1.165, 1.54) is 6.92 Å². The minimum Gasteiger partial charge on any atom is -0.494 e. The second-order valence-corrected chi connectivity index (χ2v) is 3.97. The lowest BCUT2D eigenvalue weighted by molar-refractivity contribution is 0.340. The predicted molar refractivity (Wildman–Crippen MR) is 70.2 cm³/mol. The summed E-state index contributed by atoms with van der Waals surface area (Å²) in [6.45, 7) is 3.86. The van der Waals surface area contributed by atoms with E-state index in [1.54, 1.807) is 24.3 Å². The molecule has 0 aliphatic rings. The lowest BCUT2D eigenvalue weighted by Crippen LogP contribution is -2.30. The first-order valence-electron chi connectivity index (χ1n) is 5.82. The highest BCUT2D eigenvalue weighted by atomic mass is 16.5. The highest BCUT2D eigenvalue weighted by molar-refractivity contribution is 5.41. The second kappa shape index (κ2) is 5.01. The first-order valence-corrected chi connectivity index (χ1v) is 5.82. The highest BCUT2D eigenvalue weighted by Gasteiger charge is 2.11. The van der Waals surface area contributed by atoms with Crippen molar-refractivity contribution in [3.05, 3.63) is 50.7 Å². The van der Waals surface area contributed by atoms with Gasteiger partial charge in [0, 0.05) is 0 Å². The SMILES string of the molecule is CCOc1ccc(-n2c(O)c(C)c(=O)[nH]c2=O)cc1. The number of ether oxygens (including phenoxy) is 1. The van der Waals surface area contributed by atoms with Crippen molar-refractivity contribution in [1.82, 2.24) is 9.55 Å². The third kappa shape index (κ3) is 2.37. The molecule has 19 heavy (non-hydrogen) atoms. The van der Waals surface area contributed by atoms with Crippen molar-refractivity contribution in [2.45, 2.75) is 13.8 Å². The summed E-state index contributed by atoms with van der Waals surface area (Å²) in [5.74, 6) is 0.304. The van der Waals surface area contributed by atoms with Crippen LogP contribution in [0.25, 0.3) is 5.69 Å². The Morgan fingerprint density at radius 3 is 2.47 bits per heavy atom. The molecule has 0 unspecified atom stereocenters. The molecule has 2 aromatic rings. The number of hydrogen-bond donors (Lipinski definition) is 2. The van der Waals surface area contributed by atoms with Crippen molar-refractivity contribution in [2.75, 3.05) is 6.61 Å². The van der Waals surface area contributed by atoms with Gasteiger partial charge in [0.15, 0.2) is 0 Å². The van der Waals surface area contributed by atoms with E-state index < -0.39 is 11.2 Å². The van der Waals surface area contributed by atoms with Gasteiger partial charge in [-0.2, -0.15) is 0 Å². The van der Waals surface area contributed by atoms with Crippen molar-refractivity contribution >= 4 is 0 Å². The lowest BCUT2D eigenvalue weighted by atomic mass is 10.3. The summed E-state index contributed by atoms with van der Waals surface area (Å²) in [5.41, 5.74) is -0.735. The van der Waals surface area contributed by atoms with Crippen LogP contribution in [0.5, 0.6) is 11.6 Å². The fourth-order valence-corrected chi connectivity index (χ4v) is 1.71. The first kappa shape index (κ1) is 12.9. The first-order chi connectivity index (χ1) is 9.04. The van der Waals surface area contributed by atoms with E-state index in [9.17, 15) is 14.7 Å². The molecule has 1 heterocycles. The van der Waals surface area contributed by atoms with Crippen molar-refractivity contribution in [1.29, 1.82) is 0 Å². The van der Waals surface area contributed by atoms with Gasteiger partial charge in [0.25, 0.3) is 5.56 Å². The van der Waals surface area contributed by atoms with Crippen LogP contribution < -0.4 is 16.0 Å². The maximum absolute atomic E-state index is 11.7. The monoisotopic (exact) mass is 262 g/mol. The van der Waals surface area contributed by atoms with Crippen LogP contribution in [-0.2, 0) is 0 Å². The fraction of sp³-hybridized carbons (Fsp3) is 0.231. The molecule has 0 aliphatic heterocycles. The van der Waals surface area contributed by atoms with Crippen LogP contribution in [0.2, 0.25) is 0 Å². The fourth-order valence-electron chi connectivity index (χ4n) is 1.71. The number of hydrogen-bond acceptors (Lipinski definition) is 4. The topological polar surface area (TPSA) is 84.3 Å². The minimum absolute atomic E-state index is 0.0912. The summed E-state index contributed by atoms with van der Waals surface area (Å²) in [7, 11) is 0. The predicted octanol–water partition coefficient (Wildman–Crippen LogP) is 0.939. The second-order valence-electron chi connectivity index (χ2n) is 3.97. The number of aromatic hydroxyl groups is 1. The summed E-state index contributed by atoms with van der Waals surface area (Å²) >= 11 is 0. The van der Waals surface area contributed by atoms with E-state index in [1.807, 2.05) is 6.92 Å². The third-order valence-corrected chi connectivity index (χ3v) is 2.72. The molecule has 0 radical (unpaired) electrons. The zero-order chi connectivity index (χ0) is 14.0. The Hall–Kier alpha value is -2.50. The molecule has 0 atom stereocenters. The lowest BCUT2D eigenvalue weighted by Gasteiger charge is -2.10. The van der Waals surface area contributed by atoms with Crippen LogP contribution in [-0.4, -0.2) is 21.3 Å². The van der Waals surface area contributed by atoms with Crippen molar-refractivity contribution in [3.8, 4) is 17.3 Å². The Morgan fingerprint density at radius 2 is 1.89 bits per heavy atom. The maximum atomic E-state index is 11.7. The van der Waals surface area contributed by atoms with Crippen LogP contribution in [0.1, 0.15) is 12.5 Å². The molecule has 0 saturated carbocycles. The maximum Gasteiger partial charge on any atom is 0.335 e. The average molecular weight is 262 g/mol. The number of aromatic amines is 1. The van der Waals surface area contributed by atoms with Gasteiger partial charge in [-0.3, -0.25) is 9.78 Å². The Morgan fingerprint density at radius 1 is 1.26 bits per heavy atom. The summed E-state index contributed by atoms with van der Waals surface area (Å²) in [4.78, 5) is 25.2. The van der Waals surface area contributed by atoms with Gasteiger partial charge in [-0.15, -0.1) is 0 Å². The Kier molecular flexibility index (Phi) is 3.41. The smallest absolute Gasteiger partial charge is 0.335 e. The Bertz CT molecular complexity index is 698. The van der Waals surface area contributed by atoms with E-state index in [2.05, 4.69) is 4.98 Å². The van der Waals surface area contributed by atoms with E-state index in [4.69, 9.17) is 4.74 Å². The Labute approximate surface area is 108 Å². The third-order valence-electron chi connectivity index (χ3n) is 2.72. The van der Waals surface area contributed by atoms with Gasteiger partial charge >= 0.3 is 5.69 Å². The molecular formula is C13H14N2O4. The van der Waals surface area contributed by atoms with E-state index >= 15 is 0 Å². The van der Waals surface area contributed by atoms with Gasteiger partial charge in [0.05, 0.1) is 17.9 Å². The van der Waals surface area contributed by atoms with E-state index in [0.29, 0.717) is 18.0 Å². The summed E-state index contributed by atoms with van der Waals surface area (Å²) in [5, 5.41) is 9.90. The number of H-pyrrole nitrogens is 1. The molecule has 1 aromatic carbocycles. The van der Waals surface area contributed by atoms with Crippen LogP contribution in [0.3, 0.4) is 0 Å². The van der Waals surface area contributed by atoms with Gasteiger partial charge in [0.2, 0.25) is 5.88 Å². The van der Waals surface area contributed by atoms with E-state index in [-0.39, 0.29) is 11.4 Å². The van der Waals surface area contributed by atoms with Crippen LogP contribution >= 0.6 is 0 Å². The molecular weight excluding hydrogens is 248 g/mol. The zero-order valence-electron chi connectivity index (χ0n) is 10.6. The number of nitrogens with zero attached hydrogens (tertiary/aromatic N) is 1. The van der Waals surface area contributed by atoms with Crippen LogP contribution in [0, 0.1) is 6.92 Å². The minimum atomic E-state index is -0.683. The Balaban J connectivity index is 2.56. The van der Waals surface area contributed by atoms with Crippen molar-refractivity contribution in [2.24, 2.45) is 0 Å². The molecule has 0 spiro atoms. The standard InChI is InChI=1S/C13H14N2O4/c1-3-19-10-6-4-9(5-7-10)15-12(17)8(2)11(16)14-13(15)18/h4-7,17H,3H2,1-2H3,(H,14,16,18). The van der Waals surface area contributed by atoms with Gasteiger partial charge in [-0.1, -0.05) is 0 Å². The van der Waals surface area contributed by atoms with Crippen LogP contribution in [0.4, 0.5) is 0 Å². The summed E-state index contributed by atoms with van der Waals surface area (Å²) in [6.07, 6.45) is 0. The molecule has 2 rings (SSSR count). The van der Waals surface area contributed by atoms with E-state index in [0.717, 1.165) is 4.57 Å². The largest absolute Gasteiger partial charge is 0.494 e. The number of aromatic nitrogens is 2. The zero-order valence-corrected chi connectivity index (χ0v) is 10.6. The molecule has 6 heteroatoms. The quantitative estimate of drug-likeness (QED) is 0.862. The molecule has 6 nitrogen and oxygen atoms in total. The molecule has 100 valence electrons. The van der Waals surface area contributed by atoms with Crippen LogP contribution in [0.15, 0.2) is 33.9 Å². The molecule has 2 N–H and O–H groups in total. The summed E-state index contributed by atoms with van der Waals surface area (Å²) in [6, 6.07) is 6.63. The van der Waals surface area contributed by atoms with Gasteiger partial charge in [-0.05, 0) is 38.1 Å². The average Bonchev–Trinajstić information content (AvgIpc) is 2.38. The molecule has 0 saturated heterocycles. The van der Waals surface area contributed by atoms with Crippen molar-refractivity contribution in [3.63, 3.8) is 0 Å². The van der Waals surface area contributed by atoms with Gasteiger partial charge in [0.1, 0.15) is 5.75 Å². The number of rotatable bonds is 3. The van der Waals surface area contributed by atoms with Crippen molar-refractivity contribution < 1.29 is 9.84 Å². The van der Waals surface area contributed by atoms with Gasteiger partial charge in [-0.25, -0.2) is 9.36 Å². The van der Waals surface area contributed by atoms with Gasteiger partial charge < -0.3 is 9.84 Å². The molecule has 0 amide bonds.